The molecule has 1 aromatic heterocycles. The van der Waals surface area contributed by atoms with Gasteiger partial charge in [0.2, 0.25) is 5.91 Å². The fourth-order valence-electron chi connectivity index (χ4n) is 2.26. The van der Waals surface area contributed by atoms with Crippen LogP contribution >= 0.6 is 0 Å². The van der Waals surface area contributed by atoms with Gasteiger partial charge in [0.1, 0.15) is 0 Å². The molecular formula is C12H19N3O2. The van der Waals surface area contributed by atoms with Crippen molar-refractivity contribution in [2.24, 2.45) is 11.7 Å². The first kappa shape index (κ1) is 12.1. The molecule has 0 aliphatic heterocycles. The van der Waals surface area contributed by atoms with Crippen LogP contribution in [0.3, 0.4) is 0 Å². The van der Waals surface area contributed by atoms with Crippen molar-refractivity contribution >= 4 is 11.6 Å². The van der Waals surface area contributed by atoms with Crippen LogP contribution in [-0.4, -0.2) is 28.1 Å². The van der Waals surface area contributed by atoms with Crippen LogP contribution in [0.5, 0.6) is 0 Å². The number of anilines is 1. The fraction of sp³-hybridized carbons (Fsp3) is 0.583. The second-order valence-electron chi connectivity index (χ2n) is 4.88. The number of amides is 1. The molecule has 0 saturated heterocycles. The number of aliphatic hydroxyl groups is 1. The van der Waals surface area contributed by atoms with E-state index in [0.717, 1.165) is 18.5 Å². The third kappa shape index (κ3) is 2.87. The van der Waals surface area contributed by atoms with E-state index in [1.54, 1.807) is 12.4 Å². The third-order valence-electron chi connectivity index (χ3n) is 3.53. The standard InChI is InChI=1S/C12H19N3O2/c13-12(8-16)4-1-9(2-5-12)11(17)15-10-3-6-14-7-10/h3,6-7,9,14,16H,1-2,4-5,8,13H2,(H,15,17). The number of aromatic amines is 1. The Balaban J connectivity index is 1.86. The van der Waals surface area contributed by atoms with E-state index in [1.807, 2.05) is 6.07 Å². The molecule has 5 heteroatoms. The number of nitrogens with one attached hydrogen (secondary N) is 2. The van der Waals surface area contributed by atoms with Crippen LogP contribution in [0.4, 0.5) is 5.69 Å². The summed E-state index contributed by atoms with van der Waals surface area (Å²) >= 11 is 0. The van der Waals surface area contributed by atoms with Crippen LogP contribution in [-0.2, 0) is 4.79 Å². The molecule has 17 heavy (non-hydrogen) atoms. The number of carbonyl (C=O) groups excluding carboxylic acids is 1. The molecule has 1 fully saturated rings. The molecule has 1 amide bonds. The summed E-state index contributed by atoms with van der Waals surface area (Å²) in [6, 6.07) is 1.82. The molecule has 2 rings (SSSR count). The Morgan fingerprint density at radius 2 is 2.29 bits per heavy atom. The Labute approximate surface area is 100 Å². The van der Waals surface area contributed by atoms with Crippen molar-refractivity contribution in [3.05, 3.63) is 18.5 Å². The molecule has 0 bridgehead atoms. The highest BCUT2D eigenvalue weighted by atomic mass is 16.3. The summed E-state index contributed by atoms with van der Waals surface area (Å²) in [6.07, 6.45) is 6.42. The summed E-state index contributed by atoms with van der Waals surface area (Å²) in [5.41, 5.74) is 6.28. The molecule has 0 radical (unpaired) electrons. The van der Waals surface area contributed by atoms with Crippen LogP contribution in [0.15, 0.2) is 18.5 Å². The van der Waals surface area contributed by atoms with Gasteiger partial charge in [-0.25, -0.2) is 0 Å². The minimum absolute atomic E-state index is 0.000844. The first-order chi connectivity index (χ1) is 8.13. The van der Waals surface area contributed by atoms with Crippen molar-refractivity contribution in [1.29, 1.82) is 0 Å². The predicted molar refractivity (Wildman–Crippen MR) is 65.4 cm³/mol. The average molecular weight is 237 g/mol. The van der Waals surface area contributed by atoms with Crippen molar-refractivity contribution in [3.63, 3.8) is 0 Å². The summed E-state index contributed by atoms with van der Waals surface area (Å²) in [5, 5.41) is 12.0. The van der Waals surface area contributed by atoms with E-state index in [4.69, 9.17) is 10.8 Å². The highest BCUT2D eigenvalue weighted by Crippen LogP contribution is 2.30. The van der Waals surface area contributed by atoms with Gasteiger partial charge in [-0.3, -0.25) is 4.79 Å². The zero-order valence-electron chi connectivity index (χ0n) is 9.78. The second kappa shape index (κ2) is 4.89. The summed E-state index contributed by atoms with van der Waals surface area (Å²) in [7, 11) is 0. The van der Waals surface area contributed by atoms with Crippen molar-refractivity contribution in [2.75, 3.05) is 11.9 Å². The summed E-state index contributed by atoms with van der Waals surface area (Å²) < 4.78 is 0. The number of H-pyrrole nitrogens is 1. The molecule has 94 valence electrons. The van der Waals surface area contributed by atoms with Gasteiger partial charge in [0.25, 0.3) is 0 Å². The van der Waals surface area contributed by atoms with E-state index < -0.39 is 5.54 Å². The van der Waals surface area contributed by atoms with Crippen molar-refractivity contribution in [1.82, 2.24) is 4.98 Å². The average Bonchev–Trinajstić information content (AvgIpc) is 2.83. The smallest absolute Gasteiger partial charge is 0.227 e. The molecule has 1 aliphatic rings. The van der Waals surface area contributed by atoms with Gasteiger partial charge in [-0.1, -0.05) is 0 Å². The molecule has 1 aliphatic carbocycles. The van der Waals surface area contributed by atoms with Gasteiger partial charge in [-0.05, 0) is 31.7 Å². The van der Waals surface area contributed by atoms with Gasteiger partial charge in [-0.15, -0.1) is 0 Å². The zero-order chi connectivity index (χ0) is 12.3. The molecule has 5 N–H and O–H groups in total. The van der Waals surface area contributed by atoms with E-state index in [2.05, 4.69) is 10.3 Å². The molecule has 0 unspecified atom stereocenters. The maximum absolute atomic E-state index is 11.9. The lowest BCUT2D eigenvalue weighted by atomic mass is 9.77. The van der Waals surface area contributed by atoms with E-state index in [1.165, 1.54) is 0 Å². The molecule has 5 nitrogen and oxygen atoms in total. The van der Waals surface area contributed by atoms with Crippen molar-refractivity contribution in [2.45, 2.75) is 31.2 Å². The maximum atomic E-state index is 11.9. The lowest BCUT2D eigenvalue weighted by molar-refractivity contribution is -0.121. The van der Waals surface area contributed by atoms with Crippen molar-refractivity contribution < 1.29 is 9.90 Å². The molecule has 1 heterocycles. The van der Waals surface area contributed by atoms with Gasteiger partial charge in [0, 0.05) is 23.9 Å². The number of aliphatic hydroxyl groups excluding tert-OH is 1. The maximum Gasteiger partial charge on any atom is 0.227 e. The highest BCUT2D eigenvalue weighted by molar-refractivity contribution is 5.92. The zero-order valence-corrected chi connectivity index (χ0v) is 9.78. The molecule has 1 saturated carbocycles. The molecule has 0 spiro atoms. The normalized spacial score (nSPS) is 28.9. The summed E-state index contributed by atoms with van der Waals surface area (Å²) in [5.74, 6) is 0.0534. The van der Waals surface area contributed by atoms with E-state index in [9.17, 15) is 4.79 Å². The van der Waals surface area contributed by atoms with Crippen LogP contribution < -0.4 is 11.1 Å². The highest BCUT2D eigenvalue weighted by Gasteiger charge is 2.33. The SMILES string of the molecule is NC1(CO)CCC(C(=O)Nc2cc[nH]c2)CC1. The fourth-order valence-corrected chi connectivity index (χ4v) is 2.26. The van der Waals surface area contributed by atoms with Gasteiger partial charge >= 0.3 is 0 Å². The number of aromatic nitrogens is 1. The minimum Gasteiger partial charge on any atom is -0.394 e. The Bertz CT molecular complexity index is 367. The quantitative estimate of drug-likeness (QED) is 0.627. The largest absolute Gasteiger partial charge is 0.394 e. The van der Waals surface area contributed by atoms with E-state index in [0.29, 0.717) is 12.8 Å². The number of hydrogen-bond donors (Lipinski definition) is 4. The Morgan fingerprint density at radius 3 is 2.82 bits per heavy atom. The molecule has 0 aromatic carbocycles. The Morgan fingerprint density at radius 1 is 1.59 bits per heavy atom. The first-order valence-corrected chi connectivity index (χ1v) is 5.96. The minimum atomic E-state index is -0.481. The third-order valence-corrected chi connectivity index (χ3v) is 3.53. The Kier molecular flexibility index (Phi) is 3.49. The first-order valence-electron chi connectivity index (χ1n) is 5.96. The van der Waals surface area contributed by atoms with Gasteiger partial charge in [0.05, 0.1) is 12.3 Å². The number of hydrogen-bond acceptors (Lipinski definition) is 3. The predicted octanol–water partition coefficient (Wildman–Crippen LogP) is 0.833. The number of carbonyl (C=O) groups is 1. The van der Waals surface area contributed by atoms with Crippen LogP contribution in [0.1, 0.15) is 25.7 Å². The topological polar surface area (TPSA) is 91.1 Å². The molecular weight excluding hydrogens is 218 g/mol. The van der Waals surface area contributed by atoms with Crippen LogP contribution in [0.25, 0.3) is 0 Å². The molecule has 0 atom stereocenters. The van der Waals surface area contributed by atoms with Crippen LogP contribution in [0, 0.1) is 5.92 Å². The summed E-state index contributed by atoms with van der Waals surface area (Å²) in [4.78, 5) is 14.8. The summed E-state index contributed by atoms with van der Waals surface area (Å²) in [6.45, 7) is -0.000844. The van der Waals surface area contributed by atoms with Gasteiger partial charge in [0.15, 0.2) is 0 Å². The second-order valence-corrected chi connectivity index (χ2v) is 4.88. The van der Waals surface area contributed by atoms with Crippen molar-refractivity contribution in [3.8, 4) is 0 Å². The monoisotopic (exact) mass is 237 g/mol. The Hall–Kier alpha value is -1.33. The van der Waals surface area contributed by atoms with E-state index >= 15 is 0 Å². The van der Waals surface area contributed by atoms with Gasteiger partial charge < -0.3 is 21.1 Å². The number of nitrogens with two attached hydrogens (primary N) is 1. The van der Waals surface area contributed by atoms with E-state index in [-0.39, 0.29) is 18.4 Å². The lowest BCUT2D eigenvalue weighted by Crippen LogP contribution is -2.47. The van der Waals surface area contributed by atoms with Crippen LogP contribution in [0.2, 0.25) is 0 Å². The molecule has 1 aromatic rings. The lowest BCUT2D eigenvalue weighted by Gasteiger charge is -2.34. The van der Waals surface area contributed by atoms with Gasteiger partial charge in [-0.2, -0.15) is 0 Å². The number of rotatable bonds is 3.